The summed E-state index contributed by atoms with van der Waals surface area (Å²) in [6, 6.07) is 0.371. The molecular weight excluding hydrogens is 260 g/mol. The van der Waals surface area contributed by atoms with Gasteiger partial charge in [-0.2, -0.15) is 4.98 Å². The SMILES string of the molecule is C=CCOc1nc2sc3c(c2c(=O)n1C)CCCC3. The Morgan fingerprint density at radius 1 is 1.47 bits per heavy atom. The zero-order valence-electron chi connectivity index (χ0n) is 10.9. The van der Waals surface area contributed by atoms with Crippen molar-refractivity contribution in [3.8, 4) is 6.01 Å². The van der Waals surface area contributed by atoms with Gasteiger partial charge in [-0.3, -0.25) is 9.36 Å². The van der Waals surface area contributed by atoms with Crippen molar-refractivity contribution in [2.45, 2.75) is 25.7 Å². The summed E-state index contributed by atoms with van der Waals surface area (Å²) < 4.78 is 6.94. The maximum Gasteiger partial charge on any atom is 0.300 e. The van der Waals surface area contributed by atoms with Gasteiger partial charge in [0.25, 0.3) is 5.56 Å². The second-order valence-electron chi connectivity index (χ2n) is 4.75. The van der Waals surface area contributed by atoms with Gasteiger partial charge in [0, 0.05) is 11.9 Å². The largest absolute Gasteiger partial charge is 0.460 e. The topological polar surface area (TPSA) is 44.1 Å². The van der Waals surface area contributed by atoms with Crippen molar-refractivity contribution in [3.63, 3.8) is 0 Å². The first-order valence-electron chi connectivity index (χ1n) is 6.47. The smallest absolute Gasteiger partial charge is 0.300 e. The summed E-state index contributed by atoms with van der Waals surface area (Å²) >= 11 is 1.64. The van der Waals surface area contributed by atoms with Crippen molar-refractivity contribution in [2.24, 2.45) is 7.05 Å². The molecule has 0 saturated carbocycles. The average Bonchev–Trinajstić information content (AvgIpc) is 2.79. The molecule has 0 N–H and O–H groups in total. The Labute approximate surface area is 115 Å². The molecule has 5 heteroatoms. The van der Waals surface area contributed by atoms with Gasteiger partial charge in [0.05, 0.1) is 5.39 Å². The van der Waals surface area contributed by atoms with E-state index >= 15 is 0 Å². The van der Waals surface area contributed by atoms with Gasteiger partial charge in [-0.15, -0.1) is 11.3 Å². The zero-order chi connectivity index (χ0) is 13.4. The van der Waals surface area contributed by atoms with Crippen LogP contribution in [-0.4, -0.2) is 16.2 Å². The second-order valence-corrected chi connectivity index (χ2v) is 5.83. The van der Waals surface area contributed by atoms with E-state index in [4.69, 9.17) is 4.74 Å². The van der Waals surface area contributed by atoms with Crippen LogP contribution in [0, 0.1) is 0 Å². The van der Waals surface area contributed by atoms with Crippen molar-refractivity contribution in [2.75, 3.05) is 6.61 Å². The summed E-state index contributed by atoms with van der Waals surface area (Å²) in [6.45, 7) is 3.96. The molecule has 19 heavy (non-hydrogen) atoms. The highest BCUT2D eigenvalue weighted by Gasteiger charge is 2.21. The average molecular weight is 276 g/mol. The van der Waals surface area contributed by atoms with Crippen molar-refractivity contribution in [1.29, 1.82) is 0 Å². The van der Waals surface area contributed by atoms with Crippen LogP contribution in [0.3, 0.4) is 0 Å². The molecule has 0 unspecified atom stereocenters. The number of fused-ring (bicyclic) bond motifs is 3. The minimum absolute atomic E-state index is 0.00321. The maximum absolute atomic E-state index is 12.5. The molecule has 3 rings (SSSR count). The number of rotatable bonds is 3. The summed E-state index contributed by atoms with van der Waals surface area (Å²) in [5.74, 6) is 0. The first-order valence-corrected chi connectivity index (χ1v) is 7.29. The first kappa shape index (κ1) is 12.4. The van der Waals surface area contributed by atoms with Crippen molar-refractivity contribution in [3.05, 3.63) is 33.4 Å². The Bertz CT molecular complexity index is 700. The fourth-order valence-corrected chi connectivity index (χ4v) is 3.77. The minimum atomic E-state index is 0.00321. The van der Waals surface area contributed by atoms with Gasteiger partial charge in [-0.25, -0.2) is 0 Å². The highest BCUT2D eigenvalue weighted by atomic mass is 32.1. The Kier molecular flexibility index (Phi) is 3.14. The maximum atomic E-state index is 12.5. The molecule has 0 radical (unpaired) electrons. The lowest BCUT2D eigenvalue weighted by atomic mass is 9.97. The predicted molar refractivity (Wildman–Crippen MR) is 77.2 cm³/mol. The third kappa shape index (κ3) is 1.98. The van der Waals surface area contributed by atoms with Gasteiger partial charge in [-0.05, 0) is 31.2 Å². The van der Waals surface area contributed by atoms with Gasteiger partial charge in [-0.1, -0.05) is 12.7 Å². The molecule has 0 atom stereocenters. The summed E-state index contributed by atoms with van der Waals surface area (Å²) in [7, 11) is 1.71. The molecule has 0 aromatic carbocycles. The lowest BCUT2D eigenvalue weighted by molar-refractivity contribution is 0.317. The summed E-state index contributed by atoms with van der Waals surface area (Å²) in [5.41, 5.74) is 1.22. The molecular formula is C14H16N2O2S. The van der Waals surface area contributed by atoms with E-state index in [1.807, 2.05) is 0 Å². The number of aromatic nitrogens is 2. The third-order valence-corrected chi connectivity index (χ3v) is 4.67. The fraction of sp³-hybridized carbons (Fsp3) is 0.429. The first-order chi connectivity index (χ1) is 9.22. The van der Waals surface area contributed by atoms with Crippen LogP contribution in [0.1, 0.15) is 23.3 Å². The molecule has 0 bridgehead atoms. The molecule has 0 amide bonds. The van der Waals surface area contributed by atoms with E-state index in [1.165, 1.54) is 21.4 Å². The summed E-state index contributed by atoms with van der Waals surface area (Å²) in [4.78, 5) is 19.1. The van der Waals surface area contributed by atoms with E-state index < -0.39 is 0 Å². The number of aryl methyl sites for hydroxylation is 2. The third-order valence-electron chi connectivity index (χ3n) is 3.49. The van der Waals surface area contributed by atoms with E-state index in [0.29, 0.717) is 12.6 Å². The van der Waals surface area contributed by atoms with Crippen LogP contribution in [0.15, 0.2) is 17.4 Å². The second kappa shape index (κ2) is 4.81. The summed E-state index contributed by atoms with van der Waals surface area (Å²) in [5, 5.41) is 0.799. The Morgan fingerprint density at radius 2 is 2.26 bits per heavy atom. The normalized spacial score (nSPS) is 14.4. The van der Waals surface area contributed by atoms with Crippen LogP contribution in [0.4, 0.5) is 0 Å². The molecule has 0 fully saturated rings. The van der Waals surface area contributed by atoms with Gasteiger partial charge in [0.2, 0.25) is 0 Å². The Morgan fingerprint density at radius 3 is 3.05 bits per heavy atom. The molecule has 0 saturated heterocycles. The molecule has 1 aliphatic rings. The molecule has 0 spiro atoms. The molecule has 2 heterocycles. The van der Waals surface area contributed by atoms with E-state index in [1.54, 1.807) is 24.5 Å². The van der Waals surface area contributed by atoms with Gasteiger partial charge in [0.15, 0.2) is 0 Å². The van der Waals surface area contributed by atoms with Crippen molar-refractivity contribution >= 4 is 21.6 Å². The lowest BCUT2D eigenvalue weighted by Gasteiger charge is -2.10. The van der Waals surface area contributed by atoms with Gasteiger partial charge in [0.1, 0.15) is 11.4 Å². The van der Waals surface area contributed by atoms with Gasteiger partial charge < -0.3 is 4.74 Å². The fourth-order valence-electron chi connectivity index (χ4n) is 2.53. The molecule has 2 aromatic heterocycles. The minimum Gasteiger partial charge on any atom is -0.460 e. The number of thiophene rings is 1. The van der Waals surface area contributed by atoms with Crippen molar-refractivity contribution < 1.29 is 4.74 Å². The van der Waals surface area contributed by atoms with E-state index in [9.17, 15) is 4.79 Å². The standard InChI is InChI=1S/C14H16N2O2S/c1-3-8-18-14-15-12-11(13(17)16(14)2)9-6-4-5-7-10(9)19-12/h3H,1,4-8H2,2H3. The van der Waals surface area contributed by atoms with Crippen LogP contribution < -0.4 is 10.3 Å². The lowest BCUT2D eigenvalue weighted by Crippen LogP contribution is -2.21. The highest BCUT2D eigenvalue weighted by molar-refractivity contribution is 7.18. The predicted octanol–water partition coefficient (Wildman–Crippen LogP) is 2.44. The molecule has 0 aliphatic heterocycles. The van der Waals surface area contributed by atoms with Gasteiger partial charge >= 0.3 is 6.01 Å². The van der Waals surface area contributed by atoms with E-state index in [-0.39, 0.29) is 5.56 Å². The zero-order valence-corrected chi connectivity index (χ0v) is 11.8. The molecule has 4 nitrogen and oxygen atoms in total. The van der Waals surface area contributed by atoms with Crippen LogP contribution in [0.2, 0.25) is 0 Å². The van der Waals surface area contributed by atoms with Crippen LogP contribution >= 0.6 is 11.3 Å². The van der Waals surface area contributed by atoms with Crippen LogP contribution in [0.5, 0.6) is 6.01 Å². The monoisotopic (exact) mass is 276 g/mol. The molecule has 2 aromatic rings. The summed E-state index contributed by atoms with van der Waals surface area (Å²) in [6.07, 6.45) is 6.09. The van der Waals surface area contributed by atoms with Crippen molar-refractivity contribution in [1.82, 2.24) is 9.55 Å². The number of ether oxygens (including phenoxy) is 1. The Hall–Kier alpha value is -1.62. The van der Waals surface area contributed by atoms with Crippen LogP contribution in [-0.2, 0) is 19.9 Å². The number of hydrogen-bond acceptors (Lipinski definition) is 4. The number of hydrogen-bond donors (Lipinski definition) is 0. The van der Waals surface area contributed by atoms with Crippen LogP contribution in [0.25, 0.3) is 10.2 Å². The van der Waals surface area contributed by atoms with E-state index in [2.05, 4.69) is 11.6 Å². The molecule has 100 valence electrons. The molecule has 1 aliphatic carbocycles. The highest BCUT2D eigenvalue weighted by Crippen LogP contribution is 2.34. The Balaban J connectivity index is 2.22. The number of nitrogens with zero attached hydrogens (tertiary/aromatic N) is 2. The van der Waals surface area contributed by atoms with E-state index in [0.717, 1.165) is 29.5 Å². The quantitative estimate of drug-likeness (QED) is 0.809.